The van der Waals surface area contributed by atoms with Crippen molar-refractivity contribution in [3.63, 3.8) is 0 Å². The molecule has 0 spiro atoms. The van der Waals surface area contributed by atoms with Gasteiger partial charge in [0.25, 0.3) is 5.91 Å². The van der Waals surface area contributed by atoms with Crippen molar-refractivity contribution in [2.24, 2.45) is 0 Å². The topological polar surface area (TPSA) is 42.4 Å². The maximum Gasteiger partial charge on any atom is 0.272 e. The van der Waals surface area contributed by atoms with Crippen molar-refractivity contribution >= 4 is 17.5 Å². The Bertz CT molecular complexity index is 614. The number of aromatic nitrogens is 1. The Kier molecular flexibility index (Phi) is 5.17. The van der Waals surface area contributed by atoms with Crippen LogP contribution in [0.2, 0.25) is 5.15 Å². The number of hydrogen-bond donors (Lipinski definition) is 0. The highest BCUT2D eigenvalue weighted by molar-refractivity contribution is 6.29. The van der Waals surface area contributed by atoms with Crippen LogP contribution in [-0.4, -0.2) is 29.4 Å². The molecule has 21 heavy (non-hydrogen) atoms. The maximum absolute atomic E-state index is 12.3. The standard InChI is InChI=1S/C16H17ClN2O2/c1-3-21-13-9-7-12(8-10-13)11-19(2)16(20)14-5-4-6-15(17)18-14/h4-10H,3,11H2,1-2H3. The lowest BCUT2D eigenvalue weighted by atomic mass is 10.2. The summed E-state index contributed by atoms with van der Waals surface area (Å²) in [6.45, 7) is 3.08. The lowest BCUT2D eigenvalue weighted by Gasteiger charge is -2.17. The summed E-state index contributed by atoms with van der Waals surface area (Å²) in [7, 11) is 1.74. The average Bonchev–Trinajstić information content (AvgIpc) is 2.48. The molecule has 0 atom stereocenters. The third-order valence-electron chi connectivity index (χ3n) is 2.94. The number of carbonyl (C=O) groups is 1. The molecule has 110 valence electrons. The number of carbonyl (C=O) groups excluding carboxylic acids is 1. The zero-order valence-corrected chi connectivity index (χ0v) is 12.8. The highest BCUT2D eigenvalue weighted by Crippen LogP contribution is 2.14. The molecular formula is C16H17ClN2O2. The first kappa shape index (κ1) is 15.3. The Labute approximate surface area is 129 Å². The van der Waals surface area contributed by atoms with Crippen molar-refractivity contribution in [1.29, 1.82) is 0 Å². The molecule has 0 aliphatic carbocycles. The Hall–Kier alpha value is -2.07. The van der Waals surface area contributed by atoms with E-state index < -0.39 is 0 Å². The molecule has 1 amide bonds. The maximum atomic E-state index is 12.3. The van der Waals surface area contributed by atoms with E-state index in [9.17, 15) is 4.79 Å². The number of benzene rings is 1. The summed E-state index contributed by atoms with van der Waals surface area (Å²) >= 11 is 5.81. The van der Waals surface area contributed by atoms with E-state index >= 15 is 0 Å². The van der Waals surface area contributed by atoms with Gasteiger partial charge < -0.3 is 9.64 Å². The highest BCUT2D eigenvalue weighted by Gasteiger charge is 2.13. The zero-order valence-electron chi connectivity index (χ0n) is 12.0. The van der Waals surface area contributed by atoms with Crippen LogP contribution in [0, 0.1) is 0 Å². The molecule has 0 unspecified atom stereocenters. The van der Waals surface area contributed by atoms with E-state index in [1.165, 1.54) is 0 Å². The number of pyridine rings is 1. The summed E-state index contributed by atoms with van der Waals surface area (Å²) < 4.78 is 5.39. The molecular weight excluding hydrogens is 288 g/mol. The fourth-order valence-corrected chi connectivity index (χ4v) is 2.09. The molecule has 0 N–H and O–H groups in total. The molecule has 4 nitrogen and oxygen atoms in total. The molecule has 2 aromatic rings. The van der Waals surface area contributed by atoms with Crippen molar-refractivity contribution in [2.45, 2.75) is 13.5 Å². The lowest BCUT2D eigenvalue weighted by molar-refractivity contribution is 0.0779. The highest BCUT2D eigenvalue weighted by atomic mass is 35.5. The van der Waals surface area contributed by atoms with E-state index in [0.29, 0.717) is 24.0 Å². The smallest absolute Gasteiger partial charge is 0.272 e. The van der Waals surface area contributed by atoms with Crippen LogP contribution in [0.3, 0.4) is 0 Å². The predicted octanol–water partition coefficient (Wildman–Crippen LogP) is 3.41. The Balaban J connectivity index is 2.03. The van der Waals surface area contributed by atoms with Gasteiger partial charge in [-0.1, -0.05) is 29.8 Å². The van der Waals surface area contributed by atoms with Crippen LogP contribution < -0.4 is 4.74 Å². The normalized spacial score (nSPS) is 10.2. The van der Waals surface area contributed by atoms with Crippen LogP contribution in [0.25, 0.3) is 0 Å². The van der Waals surface area contributed by atoms with E-state index in [1.807, 2.05) is 31.2 Å². The summed E-state index contributed by atoms with van der Waals surface area (Å²) in [5.74, 6) is 0.665. The van der Waals surface area contributed by atoms with Crippen molar-refractivity contribution in [3.8, 4) is 5.75 Å². The summed E-state index contributed by atoms with van der Waals surface area (Å²) in [6.07, 6.45) is 0. The molecule has 5 heteroatoms. The Morgan fingerprint density at radius 1 is 1.24 bits per heavy atom. The van der Waals surface area contributed by atoms with Gasteiger partial charge in [-0.2, -0.15) is 0 Å². The second-order valence-electron chi connectivity index (χ2n) is 4.58. The van der Waals surface area contributed by atoms with Gasteiger partial charge >= 0.3 is 0 Å². The summed E-state index contributed by atoms with van der Waals surface area (Å²) in [6, 6.07) is 12.7. The number of rotatable bonds is 5. The molecule has 0 aliphatic rings. The molecule has 1 heterocycles. The molecule has 1 aromatic carbocycles. The van der Waals surface area contributed by atoms with E-state index in [4.69, 9.17) is 16.3 Å². The molecule has 0 saturated heterocycles. The van der Waals surface area contributed by atoms with Crippen LogP contribution in [0.5, 0.6) is 5.75 Å². The summed E-state index contributed by atoms with van der Waals surface area (Å²) in [5.41, 5.74) is 1.37. The van der Waals surface area contributed by atoms with Gasteiger partial charge in [0.05, 0.1) is 6.61 Å². The SMILES string of the molecule is CCOc1ccc(CN(C)C(=O)c2cccc(Cl)n2)cc1. The number of ether oxygens (including phenoxy) is 1. The van der Waals surface area contributed by atoms with Gasteiger partial charge in [0.2, 0.25) is 0 Å². The molecule has 0 bridgehead atoms. The van der Waals surface area contributed by atoms with Crippen molar-refractivity contribution in [3.05, 3.63) is 58.9 Å². The van der Waals surface area contributed by atoms with Gasteiger partial charge in [0.15, 0.2) is 0 Å². The van der Waals surface area contributed by atoms with Gasteiger partial charge in [-0.05, 0) is 36.8 Å². The van der Waals surface area contributed by atoms with Crippen molar-refractivity contribution < 1.29 is 9.53 Å². The molecule has 0 aliphatic heterocycles. The number of amides is 1. The van der Waals surface area contributed by atoms with Gasteiger partial charge in [-0.25, -0.2) is 4.98 Å². The van der Waals surface area contributed by atoms with Crippen LogP contribution in [-0.2, 0) is 6.54 Å². The Morgan fingerprint density at radius 3 is 2.57 bits per heavy atom. The summed E-state index contributed by atoms with van der Waals surface area (Å²) in [4.78, 5) is 17.9. The molecule has 0 radical (unpaired) electrons. The molecule has 2 rings (SSSR count). The Morgan fingerprint density at radius 2 is 1.95 bits per heavy atom. The van der Waals surface area contributed by atoms with Gasteiger partial charge in [0, 0.05) is 13.6 Å². The van der Waals surface area contributed by atoms with E-state index in [-0.39, 0.29) is 5.91 Å². The number of nitrogens with zero attached hydrogens (tertiary/aromatic N) is 2. The minimum atomic E-state index is -0.161. The second kappa shape index (κ2) is 7.09. The van der Waals surface area contributed by atoms with Crippen LogP contribution >= 0.6 is 11.6 Å². The third kappa shape index (κ3) is 4.20. The van der Waals surface area contributed by atoms with E-state index in [1.54, 1.807) is 30.1 Å². The number of halogens is 1. The van der Waals surface area contributed by atoms with Crippen molar-refractivity contribution in [1.82, 2.24) is 9.88 Å². The van der Waals surface area contributed by atoms with Crippen LogP contribution in [0.1, 0.15) is 23.0 Å². The first-order valence-corrected chi connectivity index (χ1v) is 7.07. The predicted molar refractivity (Wildman–Crippen MR) is 82.7 cm³/mol. The average molecular weight is 305 g/mol. The third-order valence-corrected chi connectivity index (χ3v) is 3.15. The fourth-order valence-electron chi connectivity index (χ4n) is 1.93. The van der Waals surface area contributed by atoms with Gasteiger partial charge in [-0.3, -0.25) is 4.79 Å². The van der Waals surface area contributed by atoms with Crippen LogP contribution in [0.4, 0.5) is 0 Å². The fraction of sp³-hybridized carbons (Fsp3) is 0.250. The minimum absolute atomic E-state index is 0.161. The number of hydrogen-bond acceptors (Lipinski definition) is 3. The van der Waals surface area contributed by atoms with Gasteiger partial charge in [0.1, 0.15) is 16.6 Å². The quantitative estimate of drug-likeness (QED) is 0.795. The second-order valence-corrected chi connectivity index (χ2v) is 4.97. The van der Waals surface area contributed by atoms with Gasteiger partial charge in [-0.15, -0.1) is 0 Å². The summed E-state index contributed by atoms with van der Waals surface area (Å²) in [5, 5.41) is 0.315. The molecule has 0 fully saturated rings. The van der Waals surface area contributed by atoms with E-state index in [0.717, 1.165) is 11.3 Å². The van der Waals surface area contributed by atoms with Crippen molar-refractivity contribution in [2.75, 3.05) is 13.7 Å². The first-order chi connectivity index (χ1) is 10.1. The largest absolute Gasteiger partial charge is 0.494 e. The zero-order chi connectivity index (χ0) is 15.2. The molecule has 0 saturated carbocycles. The monoisotopic (exact) mass is 304 g/mol. The lowest BCUT2D eigenvalue weighted by Crippen LogP contribution is -2.27. The molecule has 1 aromatic heterocycles. The van der Waals surface area contributed by atoms with E-state index in [2.05, 4.69) is 4.98 Å². The first-order valence-electron chi connectivity index (χ1n) is 6.70. The minimum Gasteiger partial charge on any atom is -0.494 e. The van der Waals surface area contributed by atoms with Crippen LogP contribution in [0.15, 0.2) is 42.5 Å².